The van der Waals surface area contributed by atoms with E-state index in [1.54, 1.807) is 5.56 Å². The van der Waals surface area contributed by atoms with Crippen LogP contribution in [-0.2, 0) is 13.0 Å². The number of fused-ring (bicyclic) bond motifs is 1. The number of aryl methyl sites for hydroxylation is 1. The molecule has 0 saturated carbocycles. The Hall–Kier alpha value is -0.860. The molecule has 14 heavy (non-hydrogen) atoms. The van der Waals surface area contributed by atoms with E-state index in [2.05, 4.69) is 36.1 Å². The maximum absolute atomic E-state index is 2.52. The minimum atomic E-state index is 0. The van der Waals surface area contributed by atoms with Crippen LogP contribution in [0.2, 0.25) is 0 Å². The van der Waals surface area contributed by atoms with E-state index in [1.165, 1.54) is 31.5 Å². The van der Waals surface area contributed by atoms with Gasteiger partial charge in [-0.15, -0.1) is 0 Å². The molecule has 78 valence electrons. The highest BCUT2D eigenvalue weighted by Gasteiger charge is 2.11. The van der Waals surface area contributed by atoms with Gasteiger partial charge >= 0.3 is 0 Å². The van der Waals surface area contributed by atoms with Crippen LogP contribution in [0.4, 0.5) is 0 Å². The molecule has 0 fully saturated rings. The summed E-state index contributed by atoms with van der Waals surface area (Å²) in [5, 5.41) is 0. The van der Waals surface area contributed by atoms with Gasteiger partial charge in [0.1, 0.15) is 0 Å². The quantitative estimate of drug-likeness (QED) is 0.667. The molecule has 1 aliphatic rings. The molecule has 1 heterocycles. The predicted molar refractivity (Wildman–Crippen MR) is 59.3 cm³/mol. The monoisotopic (exact) mass is 193 g/mol. The summed E-state index contributed by atoms with van der Waals surface area (Å²) in [7, 11) is 0. The fourth-order valence-electron chi connectivity index (χ4n) is 2.04. The molecule has 2 rings (SSSR count). The Morgan fingerprint density at radius 1 is 1.21 bits per heavy atom. The summed E-state index contributed by atoms with van der Waals surface area (Å²) < 4.78 is 0. The van der Waals surface area contributed by atoms with Gasteiger partial charge in [-0.2, -0.15) is 0 Å². The summed E-state index contributed by atoms with van der Waals surface area (Å²) in [5.41, 5.74) is 3.08. The second-order valence-corrected chi connectivity index (χ2v) is 3.74. The Morgan fingerprint density at radius 3 is 2.64 bits per heavy atom. The van der Waals surface area contributed by atoms with Crippen molar-refractivity contribution < 1.29 is 5.48 Å². The van der Waals surface area contributed by atoms with E-state index in [-0.39, 0.29) is 5.48 Å². The maximum Gasteiger partial charge on any atom is 0.0236 e. The minimum absolute atomic E-state index is 0. The van der Waals surface area contributed by atoms with E-state index in [0.717, 1.165) is 6.54 Å². The lowest BCUT2D eigenvalue weighted by atomic mass is 10.0. The van der Waals surface area contributed by atoms with Gasteiger partial charge in [0, 0.05) is 6.54 Å². The Bertz CT molecular complexity index is 285. The fraction of sp³-hybridized carbons (Fsp3) is 0.500. The van der Waals surface area contributed by atoms with Crippen molar-refractivity contribution >= 4 is 0 Å². The van der Waals surface area contributed by atoms with Gasteiger partial charge in [0.25, 0.3) is 0 Å². The maximum atomic E-state index is 2.52. The number of hydrogen-bond donors (Lipinski definition) is 0. The summed E-state index contributed by atoms with van der Waals surface area (Å²) in [6.07, 6.45) is 2.57. The average molecular weight is 193 g/mol. The average Bonchev–Trinajstić information content (AvgIpc) is 2.38. The normalized spacial score (nSPS) is 16.6. The smallest absolute Gasteiger partial charge is 0.0236 e. The van der Waals surface area contributed by atoms with E-state index in [1.807, 2.05) is 0 Å². The van der Waals surface area contributed by atoms with E-state index in [4.69, 9.17) is 0 Å². The lowest BCUT2D eigenvalue weighted by Crippen LogP contribution is -2.22. The van der Waals surface area contributed by atoms with Crippen molar-refractivity contribution in [1.29, 1.82) is 0 Å². The van der Waals surface area contributed by atoms with Crippen molar-refractivity contribution in [3.05, 3.63) is 35.4 Å². The molecule has 0 aliphatic carbocycles. The molecule has 0 amide bonds. The third kappa shape index (κ3) is 2.34. The molecule has 0 bridgehead atoms. The zero-order chi connectivity index (χ0) is 9.10. The zero-order valence-corrected chi connectivity index (χ0v) is 8.79. The molecular weight excluding hydrogens is 174 g/mol. The SMILES string of the molecule is CCN1CCCc2ccccc2C1.O. The molecule has 2 nitrogen and oxygen atoms in total. The molecule has 2 heteroatoms. The number of benzene rings is 1. The third-order valence-electron chi connectivity index (χ3n) is 2.88. The van der Waals surface area contributed by atoms with E-state index in [0.29, 0.717) is 0 Å². The lowest BCUT2D eigenvalue weighted by molar-refractivity contribution is 0.284. The second-order valence-electron chi connectivity index (χ2n) is 3.74. The van der Waals surface area contributed by atoms with Gasteiger partial charge in [0.05, 0.1) is 0 Å². The molecule has 0 unspecified atom stereocenters. The van der Waals surface area contributed by atoms with Crippen LogP contribution in [0.5, 0.6) is 0 Å². The van der Waals surface area contributed by atoms with Crippen LogP contribution in [0.15, 0.2) is 24.3 Å². The van der Waals surface area contributed by atoms with Crippen molar-refractivity contribution in [3.8, 4) is 0 Å². The molecule has 0 atom stereocenters. The van der Waals surface area contributed by atoms with Crippen molar-refractivity contribution in [2.24, 2.45) is 0 Å². The zero-order valence-electron chi connectivity index (χ0n) is 8.79. The van der Waals surface area contributed by atoms with E-state index < -0.39 is 0 Å². The summed E-state index contributed by atoms with van der Waals surface area (Å²) >= 11 is 0. The van der Waals surface area contributed by atoms with Gasteiger partial charge < -0.3 is 5.48 Å². The number of rotatable bonds is 1. The fourth-order valence-corrected chi connectivity index (χ4v) is 2.04. The standard InChI is InChI=1S/C12H17N.H2O/c1-2-13-9-5-8-11-6-3-4-7-12(11)10-13;/h3-4,6-7H,2,5,8-10H2,1H3;1H2. The number of nitrogens with zero attached hydrogens (tertiary/aromatic N) is 1. The highest BCUT2D eigenvalue weighted by molar-refractivity contribution is 5.27. The summed E-state index contributed by atoms with van der Waals surface area (Å²) in [6.45, 7) is 5.82. The topological polar surface area (TPSA) is 34.7 Å². The molecular formula is C12H19NO. The van der Waals surface area contributed by atoms with Crippen LogP contribution in [0.25, 0.3) is 0 Å². The van der Waals surface area contributed by atoms with Crippen LogP contribution in [0, 0.1) is 0 Å². The van der Waals surface area contributed by atoms with Crippen LogP contribution in [-0.4, -0.2) is 23.5 Å². The van der Waals surface area contributed by atoms with Crippen LogP contribution < -0.4 is 0 Å². The Morgan fingerprint density at radius 2 is 1.93 bits per heavy atom. The van der Waals surface area contributed by atoms with Gasteiger partial charge in [-0.05, 0) is 37.1 Å². The largest absolute Gasteiger partial charge is 0.412 e. The van der Waals surface area contributed by atoms with Crippen molar-refractivity contribution in [2.75, 3.05) is 13.1 Å². The van der Waals surface area contributed by atoms with Crippen LogP contribution in [0.3, 0.4) is 0 Å². The first-order valence-electron chi connectivity index (χ1n) is 5.19. The van der Waals surface area contributed by atoms with Gasteiger partial charge in [0.15, 0.2) is 0 Å². The first-order chi connectivity index (χ1) is 6.40. The molecule has 0 radical (unpaired) electrons. The van der Waals surface area contributed by atoms with Gasteiger partial charge in [-0.3, -0.25) is 4.90 Å². The lowest BCUT2D eigenvalue weighted by Gasteiger charge is -2.17. The Labute approximate surface area is 85.9 Å². The van der Waals surface area contributed by atoms with Gasteiger partial charge in [-0.1, -0.05) is 31.2 Å². The molecule has 1 aromatic carbocycles. The predicted octanol–water partition coefficient (Wildman–Crippen LogP) is 1.63. The third-order valence-corrected chi connectivity index (χ3v) is 2.88. The highest BCUT2D eigenvalue weighted by Crippen LogP contribution is 2.17. The molecule has 0 saturated heterocycles. The Balaban J connectivity index is 0.000000980. The highest BCUT2D eigenvalue weighted by atomic mass is 16.0. The molecule has 0 aromatic heterocycles. The minimum Gasteiger partial charge on any atom is -0.412 e. The van der Waals surface area contributed by atoms with Crippen molar-refractivity contribution in [1.82, 2.24) is 4.90 Å². The Kier molecular flexibility index (Phi) is 4.11. The van der Waals surface area contributed by atoms with Gasteiger partial charge in [0.2, 0.25) is 0 Å². The van der Waals surface area contributed by atoms with E-state index in [9.17, 15) is 0 Å². The second kappa shape index (κ2) is 5.13. The first-order valence-corrected chi connectivity index (χ1v) is 5.19. The van der Waals surface area contributed by atoms with Gasteiger partial charge in [-0.25, -0.2) is 0 Å². The van der Waals surface area contributed by atoms with Crippen LogP contribution >= 0.6 is 0 Å². The molecule has 1 aromatic rings. The van der Waals surface area contributed by atoms with Crippen molar-refractivity contribution in [3.63, 3.8) is 0 Å². The molecule has 1 aliphatic heterocycles. The summed E-state index contributed by atoms with van der Waals surface area (Å²) in [6, 6.07) is 8.84. The van der Waals surface area contributed by atoms with Crippen molar-refractivity contribution in [2.45, 2.75) is 26.3 Å². The molecule has 2 N–H and O–H groups in total. The van der Waals surface area contributed by atoms with Crippen LogP contribution in [0.1, 0.15) is 24.5 Å². The molecule has 0 spiro atoms. The summed E-state index contributed by atoms with van der Waals surface area (Å²) in [5.74, 6) is 0. The summed E-state index contributed by atoms with van der Waals surface area (Å²) in [4.78, 5) is 2.52. The number of hydrogen-bond acceptors (Lipinski definition) is 1. The first kappa shape index (κ1) is 11.2. The van der Waals surface area contributed by atoms with E-state index >= 15 is 0 Å².